The molecule has 2 rings (SSSR count). The number of nitro benzene ring substituents is 1. The van der Waals surface area contributed by atoms with Gasteiger partial charge in [-0.15, -0.1) is 0 Å². The molecule has 0 aliphatic carbocycles. The number of amides is 1. The van der Waals surface area contributed by atoms with Gasteiger partial charge in [-0.25, -0.2) is 9.97 Å². The van der Waals surface area contributed by atoms with Crippen molar-refractivity contribution in [1.29, 1.82) is 0 Å². The van der Waals surface area contributed by atoms with Gasteiger partial charge in [0, 0.05) is 11.6 Å². The molecule has 2 aromatic rings. The van der Waals surface area contributed by atoms with Crippen molar-refractivity contribution >= 4 is 28.9 Å². The monoisotopic (exact) mass is 278 g/mol. The summed E-state index contributed by atoms with van der Waals surface area (Å²) in [4.78, 5) is 29.4. The summed E-state index contributed by atoms with van der Waals surface area (Å²) < 4.78 is 0. The number of nitrogens with zero attached hydrogens (tertiary/aromatic N) is 3. The molecule has 0 atom stereocenters. The lowest BCUT2D eigenvalue weighted by atomic mass is 10.2. The van der Waals surface area contributed by atoms with Crippen LogP contribution in [0, 0.1) is 10.1 Å². The molecule has 0 unspecified atom stereocenters. The number of aromatic nitrogens is 2. The minimum atomic E-state index is -0.648. The first kappa shape index (κ1) is 12.9. The summed E-state index contributed by atoms with van der Waals surface area (Å²) in [6.45, 7) is 0. The Bertz CT molecular complexity index is 633. The van der Waals surface area contributed by atoms with Crippen LogP contribution in [-0.2, 0) is 0 Å². The minimum absolute atomic E-state index is 0.0235. The molecule has 1 N–H and O–H groups in total. The van der Waals surface area contributed by atoms with Gasteiger partial charge in [0.15, 0.2) is 0 Å². The van der Waals surface area contributed by atoms with Crippen molar-refractivity contribution in [2.75, 3.05) is 5.32 Å². The fraction of sp³-hybridized carbons (Fsp3) is 0. The SMILES string of the molecule is O=C(Nc1cncnc1)c1ccc(Cl)c([N+](=O)[O-])c1. The molecule has 1 aromatic heterocycles. The highest BCUT2D eigenvalue weighted by molar-refractivity contribution is 6.32. The zero-order valence-corrected chi connectivity index (χ0v) is 10.2. The van der Waals surface area contributed by atoms with Gasteiger partial charge in [-0.05, 0) is 12.1 Å². The topological polar surface area (TPSA) is 98.0 Å². The predicted molar refractivity (Wildman–Crippen MR) is 68.1 cm³/mol. The first-order chi connectivity index (χ1) is 9.08. The van der Waals surface area contributed by atoms with Gasteiger partial charge in [-0.3, -0.25) is 14.9 Å². The van der Waals surface area contributed by atoms with Crippen LogP contribution < -0.4 is 5.32 Å². The molecule has 8 heteroatoms. The lowest BCUT2D eigenvalue weighted by molar-refractivity contribution is -0.384. The van der Waals surface area contributed by atoms with Gasteiger partial charge in [-0.2, -0.15) is 0 Å². The normalized spacial score (nSPS) is 9.95. The van der Waals surface area contributed by atoms with Crippen LogP contribution in [0.1, 0.15) is 10.4 Å². The maximum atomic E-state index is 11.9. The highest BCUT2D eigenvalue weighted by atomic mass is 35.5. The van der Waals surface area contributed by atoms with E-state index in [1.807, 2.05) is 0 Å². The highest BCUT2D eigenvalue weighted by Crippen LogP contribution is 2.25. The lowest BCUT2D eigenvalue weighted by Gasteiger charge is -2.04. The molecule has 0 saturated carbocycles. The van der Waals surface area contributed by atoms with Crippen LogP contribution in [0.25, 0.3) is 0 Å². The van der Waals surface area contributed by atoms with Gasteiger partial charge in [0.05, 0.1) is 23.0 Å². The zero-order valence-electron chi connectivity index (χ0n) is 9.41. The fourth-order valence-corrected chi connectivity index (χ4v) is 1.55. The number of carbonyl (C=O) groups is 1. The Balaban J connectivity index is 2.25. The number of hydrogen-bond acceptors (Lipinski definition) is 5. The van der Waals surface area contributed by atoms with Crippen molar-refractivity contribution in [2.24, 2.45) is 0 Å². The Morgan fingerprint density at radius 2 is 2.00 bits per heavy atom. The minimum Gasteiger partial charge on any atom is -0.319 e. The Morgan fingerprint density at radius 1 is 1.32 bits per heavy atom. The van der Waals surface area contributed by atoms with Gasteiger partial charge >= 0.3 is 0 Å². The Hall–Kier alpha value is -2.54. The number of benzene rings is 1. The number of carbonyl (C=O) groups excluding carboxylic acids is 1. The Labute approximate surface area is 112 Å². The summed E-state index contributed by atoms with van der Waals surface area (Å²) in [5, 5.41) is 13.2. The number of nitrogens with one attached hydrogen (secondary N) is 1. The molecule has 0 bridgehead atoms. The van der Waals surface area contributed by atoms with E-state index >= 15 is 0 Å². The van der Waals surface area contributed by atoms with Crippen LogP contribution in [0.15, 0.2) is 36.9 Å². The Morgan fingerprint density at radius 3 is 2.63 bits per heavy atom. The van der Waals surface area contributed by atoms with E-state index in [1.54, 1.807) is 0 Å². The average Bonchev–Trinajstić information content (AvgIpc) is 2.40. The Kier molecular flexibility index (Phi) is 3.67. The number of anilines is 1. The molecular weight excluding hydrogens is 272 g/mol. The zero-order chi connectivity index (χ0) is 13.8. The molecule has 0 spiro atoms. The summed E-state index contributed by atoms with van der Waals surface area (Å²) in [5.41, 5.74) is 0.198. The van der Waals surface area contributed by atoms with E-state index in [4.69, 9.17) is 11.6 Å². The third-order valence-electron chi connectivity index (χ3n) is 2.22. The van der Waals surface area contributed by atoms with Crippen LogP contribution in [0.4, 0.5) is 11.4 Å². The second-order valence-electron chi connectivity index (χ2n) is 3.50. The van der Waals surface area contributed by atoms with E-state index < -0.39 is 10.8 Å². The molecule has 0 saturated heterocycles. The molecule has 1 heterocycles. The molecule has 1 aromatic carbocycles. The van der Waals surface area contributed by atoms with Gasteiger partial charge in [0.2, 0.25) is 0 Å². The van der Waals surface area contributed by atoms with Gasteiger partial charge in [0.25, 0.3) is 11.6 Å². The molecule has 96 valence electrons. The van der Waals surface area contributed by atoms with Crippen molar-refractivity contribution < 1.29 is 9.72 Å². The van der Waals surface area contributed by atoms with E-state index in [0.717, 1.165) is 6.07 Å². The average molecular weight is 279 g/mol. The van der Waals surface area contributed by atoms with Crippen molar-refractivity contribution in [3.05, 3.63) is 57.6 Å². The smallest absolute Gasteiger partial charge is 0.288 e. The summed E-state index contributed by atoms with van der Waals surface area (Å²) in [7, 11) is 0. The van der Waals surface area contributed by atoms with Crippen LogP contribution in [-0.4, -0.2) is 20.8 Å². The molecule has 7 nitrogen and oxygen atoms in total. The maximum absolute atomic E-state index is 11.9. The van der Waals surface area contributed by atoms with Gasteiger partial charge in [0.1, 0.15) is 11.3 Å². The first-order valence-corrected chi connectivity index (χ1v) is 5.46. The quantitative estimate of drug-likeness (QED) is 0.686. The number of rotatable bonds is 3. The fourth-order valence-electron chi connectivity index (χ4n) is 1.36. The van der Waals surface area contributed by atoms with Crippen molar-refractivity contribution in [3.8, 4) is 0 Å². The lowest BCUT2D eigenvalue weighted by Crippen LogP contribution is -2.12. The van der Waals surface area contributed by atoms with Gasteiger partial charge in [-0.1, -0.05) is 11.6 Å². The van der Waals surface area contributed by atoms with Crippen LogP contribution in [0.5, 0.6) is 0 Å². The predicted octanol–water partition coefficient (Wildman–Crippen LogP) is 2.29. The maximum Gasteiger partial charge on any atom is 0.288 e. The second kappa shape index (κ2) is 5.40. The van der Waals surface area contributed by atoms with Crippen molar-refractivity contribution in [1.82, 2.24) is 9.97 Å². The number of hydrogen-bond donors (Lipinski definition) is 1. The summed E-state index contributed by atoms with van der Waals surface area (Å²) >= 11 is 5.66. The number of nitro groups is 1. The van der Waals surface area contributed by atoms with Crippen LogP contribution in [0.3, 0.4) is 0 Å². The third kappa shape index (κ3) is 3.02. The summed E-state index contributed by atoms with van der Waals surface area (Å²) in [6, 6.07) is 3.81. The molecule has 19 heavy (non-hydrogen) atoms. The van der Waals surface area contributed by atoms with E-state index in [2.05, 4.69) is 15.3 Å². The first-order valence-electron chi connectivity index (χ1n) is 5.08. The largest absolute Gasteiger partial charge is 0.319 e. The number of halogens is 1. The molecule has 0 aliphatic heterocycles. The molecule has 0 aliphatic rings. The van der Waals surface area contributed by atoms with E-state index in [0.29, 0.717) is 5.69 Å². The van der Waals surface area contributed by atoms with Crippen molar-refractivity contribution in [3.63, 3.8) is 0 Å². The highest BCUT2D eigenvalue weighted by Gasteiger charge is 2.16. The standard InChI is InChI=1S/C11H7ClN4O3/c12-9-2-1-7(3-10(9)16(18)19)11(17)15-8-4-13-6-14-5-8/h1-6H,(H,15,17). The van der Waals surface area contributed by atoms with Gasteiger partial charge < -0.3 is 5.32 Å². The van der Waals surface area contributed by atoms with E-state index in [9.17, 15) is 14.9 Å². The van der Waals surface area contributed by atoms with E-state index in [1.165, 1.54) is 30.9 Å². The van der Waals surface area contributed by atoms with Crippen molar-refractivity contribution in [2.45, 2.75) is 0 Å². The summed E-state index contributed by atoms with van der Waals surface area (Å²) in [5.74, 6) is -0.505. The van der Waals surface area contributed by atoms with Crippen LogP contribution in [0.2, 0.25) is 5.02 Å². The second-order valence-corrected chi connectivity index (χ2v) is 3.91. The molecular formula is C11H7ClN4O3. The molecule has 0 fully saturated rings. The van der Waals surface area contributed by atoms with E-state index in [-0.39, 0.29) is 16.3 Å². The summed E-state index contributed by atoms with van der Waals surface area (Å²) in [6.07, 6.45) is 4.15. The molecule has 1 amide bonds. The van der Waals surface area contributed by atoms with Crippen LogP contribution >= 0.6 is 11.6 Å². The third-order valence-corrected chi connectivity index (χ3v) is 2.54. The molecule has 0 radical (unpaired) electrons.